The molecule has 2 rings (SSSR count). The molecule has 0 spiro atoms. The Kier molecular flexibility index (Phi) is 4.29. The van der Waals surface area contributed by atoms with Crippen molar-refractivity contribution in [1.29, 1.82) is 0 Å². The van der Waals surface area contributed by atoms with Crippen LogP contribution >= 0.6 is 11.6 Å². The fraction of sp³-hybridized carbons (Fsp3) is 0.286. The van der Waals surface area contributed by atoms with Crippen molar-refractivity contribution in [2.24, 2.45) is 0 Å². The van der Waals surface area contributed by atoms with Crippen LogP contribution in [0.2, 0.25) is 5.02 Å². The highest BCUT2D eigenvalue weighted by Crippen LogP contribution is 2.24. The number of carbonyl (C=O) groups is 1. The molecule has 20 heavy (non-hydrogen) atoms. The molecule has 1 aromatic carbocycles. The Morgan fingerprint density at radius 2 is 2.25 bits per heavy atom. The normalized spacial score (nSPS) is 10.6. The summed E-state index contributed by atoms with van der Waals surface area (Å²) in [7, 11) is 0. The van der Waals surface area contributed by atoms with E-state index in [1.54, 1.807) is 18.2 Å². The summed E-state index contributed by atoms with van der Waals surface area (Å²) in [6.45, 7) is 3.88. The number of hydrogen-bond donors (Lipinski definition) is 3. The number of nitrogens with zero attached hydrogens (tertiary/aromatic N) is 1. The van der Waals surface area contributed by atoms with Crippen molar-refractivity contribution >= 4 is 28.9 Å². The minimum absolute atomic E-state index is 0.216. The lowest BCUT2D eigenvalue weighted by molar-refractivity contribution is 0.102. The number of nitrogens with two attached hydrogens (primary N) is 1. The summed E-state index contributed by atoms with van der Waals surface area (Å²) in [4.78, 5) is 12.2. The molecule has 0 saturated carbocycles. The van der Waals surface area contributed by atoms with Gasteiger partial charge in [-0.15, -0.1) is 0 Å². The first kappa shape index (κ1) is 14.4. The number of carbonyl (C=O) groups excluding carboxylic acids is 1. The number of aryl methyl sites for hydroxylation is 1. The molecule has 4 N–H and O–H groups in total. The zero-order valence-electron chi connectivity index (χ0n) is 11.5. The number of halogens is 1. The zero-order valence-corrected chi connectivity index (χ0v) is 12.2. The van der Waals surface area contributed by atoms with E-state index >= 15 is 0 Å². The van der Waals surface area contributed by atoms with E-state index in [4.69, 9.17) is 17.3 Å². The van der Waals surface area contributed by atoms with Crippen molar-refractivity contribution < 1.29 is 4.79 Å². The van der Waals surface area contributed by atoms with Crippen LogP contribution < -0.4 is 11.1 Å². The third-order valence-corrected chi connectivity index (χ3v) is 3.52. The number of aromatic amines is 1. The number of benzene rings is 1. The summed E-state index contributed by atoms with van der Waals surface area (Å²) < 4.78 is 0. The maximum absolute atomic E-state index is 12.2. The number of hydrogen-bond acceptors (Lipinski definition) is 3. The van der Waals surface area contributed by atoms with Gasteiger partial charge in [0.2, 0.25) is 0 Å². The van der Waals surface area contributed by atoms with Crippen LogP contribution in [0.15, 0.2) is 18.2 Å². The lowest BCUT2D eigenvalue weighted by atomic mass is 10.2. The van der Waals surface area contributed by atoms with Crippen LogP contribution in [0.1, 0.15) is 35.1 Å². The van der Waals surface area contributed by atoms with E-state index < -0.39 is 0 Å². The fourth-order valence-corrected chi connectivity index (χ4v) is 2.10. The van der Waals surface area contributed by atoms with Gasteiger partial charge in [-0.2, -0.15) is 5.10 Å². The first-order chi connectivity index (χ1) is 9.54. The van der Waals surface area contributed by atoms with Gasteiger partial charge in [-0.05, 0) is 31.0 Å². The van der Waals surface area contributed by atoms with Gasteiger partial charge in [-0.25, -0.2) is 0 Å². The van der Waals surface area contributed by atoms with Gasteiger partial charge < -0.3 is 11.1 Å². The minimum Gasteiger partial charge on any atom is -0.395 e. The van der Waals surface area contributed by atoms with Crippen LogP contribution in [0, 0.1) is 6.92 Å². The molecule has 0 atom stereocenters. The second-order valence-electron chi connectivity index (χ2n) is 4.58. The second kappa shape index (κ2) is 5.96. The highest BCUT2D eigenvalue weighted by Gasteiger charge is 2.17. The van der Waals surface area contributed by atoms with Gasteiger partial charge in [0, 0.05) is 10.7 Å². The molecule has 0 unspecified atom stereocenters. The topological polar surface area (TPSA) is 83.8 Å². The lowest BCUT2D eigenvalue weighted by Crippen LogP contribution is -2.15. The number of amides is 1. The van der Waals surface area contributed by atoms with E-state index in [0.717, 1.165) is 24.1 Å². The molecule has 0 fully saturated rings. The molecule has 0 aliphatic rings. The molecule has 1 heterocycles. The summed E-state index contributed by atoms with van der Waals surface area (Å²) in [6, 6.07) is 5.34. The van der Waals surface area contributed by atoms with Crippen molar-refractivity contribution in [3.05, 3.63) is 40.2 Å². The Morgan fingerprint density at radius 3 is 2.95 bits per heavy atom. The molecule has 1 amide bonds. The molecule has 2 aromatic rings. The molecule has 6 heteroatoms. The summed E-state index contributed by atoms with van der Waals surface area (Å²) in [5, 5.41) is 10.2. The Bertz CT molecular complexity index is 636. The average Bonchev–Trinajstić information content (AvgIpc) is 2.77. The van der Waals surface area contributed by atoms with E-state index in [0.29, 0.717) is 16.4 Å². The van der Waals surface area contributed by atoms with E-state index in [2.05, 4.69) is 15.5 Å². The predicted octanol–water partition coefficient (Wildman–Crippen LogP) is 3.16. The molecular weight excluding hydrogens is 276 g/mol. The Balaban J connectivity index is 2.22. The number of rotatable bonds is 4. The summed E-state index contributed by atoms with van der Waals surface area (Å²) in [5.41, 5.74) is 8.81. The molecule has 0 aliphatic carbocycles. The Morgan fingerprint density at radius 1 is 1.50 bits per heavy atom. The monoisotopic (exact) mass is 292 g/mol. The maximum Gasteiger partial charge on any atom is 0.278 e. The van der Waals surface area contributed by atoms with Crippen LogP contribution in [0.3, 0.4) is 0 Å². The third kappa shape index (κ3) is 2.77. The molecule has 0 saturated heterocycles. The van der Waals surface area contributed by atoms with Gasteiger partial charge in [0.25, 0.3) is 5.91 Å². The largest absolute Gasteiger partial charge is 0.395 e. The molecule has 0 radical (unpaired) electrons. The van der Waals surface area contributed by atoms with E-state index in [-0.39, 0.29) is 11.6 Å². The molecule has 5 nitrogen and oxygen atoms in total. The summed E-state index contributed by atoms with van der Waals surface area (Å²) in [5.74, 6) is -0.341. The lowest BCUT2D eigenvalue weighted by Gasteiger charge is -2.08. The quantitative estimate of drug-likeness (QED) is 0.809. The standard InChI is InChI=1S/C14H17ClN4O/c1-3-5-11-12(16)13(19-18-11)14(20)17-10-7-4-6-9(15)8(10)2/h4,6-7H,3,5,16H2,1-2H3,(H,17,20)(H,18,19). The van der Waals surface area contributed by atoms with Crippen LogP contribution in [-0.4, -0.2) is 16.1 Å². The molecular formula is C14H17ClN4O. The average molecular weight is 293 g/mol. The van der Waals surface area contributed by atoms with Gasteiger partial charge in [-0.3, -0.25) is 9.89 Å². The Labute approximate surface area is 122 Å². The molecule has 106 valence electrons. The van der Waals surface area contributed by atoms with Crippen molar-refractivity contribution in [3.63, 3.8) is 0 Å². The van der Waals surface area contributed by atoms with Crippen molar-refractivity contribution in [2.75, 3.05) is 11.1 Å². The highest BCUT2D eigenvalue weighted by molar-refractivity contribution is 6.31. The fourth-order valence-electron chi connectivity index (χ4n) is 1.92. The first-order valence-electron chi connectivity index (χ1n) is 6.43. The van der Waals surface area contributed by atoms with E-state index in [1.165, 1.54) is 0 Å². The molecule has 0 bridgehead atoms. The smallest absolute Gasteiger partial charge is 0.278 e. The van der Waals surface area contributed by atoms with Crippen molar-refractivity contribution in [1.82, 2.24) is 10.2 Å². The second-order valence-corrected chi connectivity index (χ2v) is 4.99. The van der Waals surface area contributed by atoms with Crippen LogP contribution in [-0.2, 0) is 6.42 Å². The molecule has 0 aliphatic heterocycles. The van der Waals surface area contributed by atoms with Crippen LogP contribution in [0.4, 0.5) is 11.4 Å². The number of nitrogen functional groups attached to an aromatic ring is 1. The van der Waals surface area contributed by atoms with E-state index in [9.17, 15) is 4.79 Å². The van der Waals surface area contributed by atoms with E-state index in [1.807, 2.05) is 13.8 Å². The number of nitrogens with one attached hydrogen (secondary N) is 2. The van der Waals surface area contributed by atoms with Gasteiger partial charge in [0.15, 0.2) is 5.69 Å². The van der Waals surface area contributed by atoms with Crippen molar-refractivity contribution in [2.45, 2.75) is 26.7 Å². The summed E-state index contributed by atoms with van der Waals surface area (Å²) in [6.07, 6.45) is 1.70. The highest BCUT2D eigenvalue weighted by atomic mass is 35.5. The molecule has 1 aromatic heterocycles. The minimum atomic E-state index is -0.341. The number of aromatic nitrogens is 2. The van der Waals surface area contributed by atoms with Gasteiger partial charge in [0.1, 0.15) is 0 Å². The van der Waals surface area contributed by atoms with Gasteiger partial charge >= 0.3 is 0 Å². The predicted molar refractivity (Wildman–Crippen MR) is 81.1 cm³/mol. The third-order valence-electron chi connectivity index (χ3n) is 3.11. The van der Waals surface area contributed by atoms with Crippen molar-refractivity contribution in [3.8, 4) is 0 Å². The Hall–Kier alpha value is -2.01. The van der Waals surface area contributed by atoms with Gasteiger partial charge in [0.05, 0.1) is 11.4 Å². The number of H-pyrrole nitrogens is 1. The SMILES string of the molecule is CCCc1[nH]nc(C(=O)Nc2cccc(Cl)c2C)c1N. The first-order valence-corrected chi connectivity index (χ1v) is 6.81. The number of anilines is 2. The van der Waals surface area contributed by atoms with Crippen LogP contribution in [0.25, 0.3) is 0 Å². The van der Waals surface area contributed by atoms with Crippen LogP contribution in [0.5, 0.6) is 0 Å². The zero-order chi connectivity index (χ0) is 14.7. The van der Waals surface area contributed by atoms with Gasteiger partial charge in [-0.1, -0.05) is 31.0 Å². The summed E-state index contributed by atoms with van der Waals surface area (Å²) >= 11 is 6.02. The maximum atomic E-state index is 12.2.